The molecule has 0 radical (unpaired) electrons. The summed E-state index contributed by atoms with van der Waals surface area (Å²) < 4.78 is 0.782. The summed E-state index contributed by atoms with van der Waals surface area (Å²) in [7, 11) is 0. The summed E-state index contributed by atoms with van der Waals surface area (Å²) >= 11 is 2.31. The molecule has 0 unspecified atom stereocenters. The van der Waals surface area contributed by atoms with E-state index in [4.69, 9.17) is 9.97 Å². The standard InChI is InChI=1S/C20H23IN6/c21-12-19-22-16-7-6-14(27-8-2-1-3-9-27)10-15(16)20(24-19)23-18-11-17(25-26-18)13-4-5-13/h6-7,10-11,13H,1-5,8-9,12H2,(H2,22,23,24,25,26). The predicted molar refractivity (Wildman–Crippen MR) is 117 cm³/mol. The van der Waals surface area contributed by atoms with Gasteiger partial charge in [-0.05, 0) is 50.3 Å². The number of alkyl halides is 1. The number of benzene rings is 1. The predicted octanol–water partition coefficient (Wildman–Crippen LogP) is 4.90. The maximum absolute atomic E-state index is 4.77. The van der Waals surface area contributed by atoms with Crippen molar-refractivity contribution in [3.63, 3.8) is 0 Å². The van der Waals surface area contributed by atoms with Crippen molar-refractivity contribution in [2.24, 2.45) is 0 Å². The molecule has 2 N–H and O–H groups in total. The van der Waals surface area contributed by atoms with Gasteiger partial charge in [0.2, 0.25) is 0 Å². The Bertz CT molecular complexity index is 958. The molecule has 3 heterocycles. The second-order valence-corrected chi connectivity index (χ2v) is 8.24. The fourth-order valence-corrected chi connectivity index (χ4v) is 4.13. The molecule has 1 aromatic carbocycles. The van der Waals surface area contributed by atoms with Crippen LogP contribution in [0.3, 0.4) is 0 Å². The lowest BCUT2D eigenvalue weighted by molar-refractivity contribution is 0.578. The lowest BCUT2D eigenvalue weighted by atomic mass is 10.1. The topological polar surface area (TPSA) is 69.7 Å². The van der Waals surface area contributed by atoms with Crippen molar-refractivity contribution in [3.8, 4) is 0 Å². The van der Waals surface area contributed by atoms with Gasteiger partial charge in [-0.2, -0.15) is 5.10 Å². The van der Waals surface area contributed by atoms with E-state index in [1.807, 2.05) is 0 Å². The summed E-state index contributed by atoms with van der Waals surface area (Å²) in [6.07, 6.45) is 6.39. The number of anilines is 3. The molecule has 3 aromatic rings. The van der Waals surface area contributed by atoms with Crippen LogP contribution in [0.2, 0.25) is 0 Å². The summed E-state index contributed by atoms with van der Waals surface area (Å²) in [4.78, 5) is 12.0. The maximum Gasteiger partial charge on any atom is 0.153 e. The maximum atomic E-state index is 4.77. The fourth-order valence-electron chi connectivity index (χ4n) is 3.79. The number of aromatic nitrogens is 4. The number of fused-ring (bicyclic) bond motifs is 1. The quantitative estimate of drug-likeness (QED) is 0.407. The third kappa shape index (κ3) is 3.61. The first-order chi connectivity index (χ1) is 13.3. The zero-order chi connectivity index (χ0) is 18.2. The van der Waals surface area contributed by atoms with Crippen molar-refractivity contribution >= 4 is 50.8 Å². The lowest BCUT2D eigenvalue weighted by Crippen LogP contribution is -2.29. The van der Waals surface area contributed by atoms with Crippen LogP contribution >= 0.6 is 22.6 Å². The van der Waals surface area contributed by atoms with Gasteiger partial charge >= 0.3 is 0 Å². The molecule has 0 bridgehead atoms. The van der Waals surface area contributed by atoms with Gasteiger partial charge in [0.1, 0.15) is 11.6 Å². The van der Waals surface area contributed by atoms with Crippen molar-refractivity contribution in [1.82, 2.24) is 20.2 Å². The van der Waals surface area contributed by atoms with E-state index in [1.54, 1.807) is 0 Å². The number of halogens is 1. The minimum absolute atomic E-state index is 0.658. The van der Waals surface area contributed by atoms with Crippen LogP contribution in [0.25, 0.3) is 10.9 Å². The third-order valence-electron chi connectivity index (χ3n) is 5.43. The largest absolute Gasteiger partial charge is 0.372 e. The molecule has 1 aliphatic carbocycles. The lowest BCUT2D eigenvalue weighted by Gasteiger charge is -2.29. The first kappa shape index (κ1) is 17.2. The molecule has 7 heteroatoms. The van der Waals surface area contributed by atoms with Crippen LogP contribution in [0.5, 0.6) is 0 Å². The summed E-state index contributed by atoms with van der Waals surface area (Å²) in [5.41, 5.74) is 3.47. The summed E-state index contributed by atoms with van der Waals surface area (Å²) in [5, 5.41) is 12.1. The van der Waals surface area contributed by atoms with Crippen LogP contribution in [0.1, 0.15) is 49.5 Å². The highest BCUT2D eigenvalue weighted by atomic mass is 127. The molecule has 6 nitrogen and oxygen atoms in total. The molecule has 1 saturated heterocycles. The number of nitrogens with zero attached hydrogens (tertiary/aromatic N) is 4. The summed E-state index contributed by atoms with van der Waals surface area (Å²) in [6, 6.07) is 8.67. The van der Waals surface area contributed by atoms with Gasteiger partial charge in [0.25, 0.3) is 0 Å². The minimum Gasteiger partial charge on any atom is -0.372 e. The van der Waals surface area contributed by atoms with Crippen molar-refractivity contribution in [3.05, 3.63) is 35.8 Å². The molecule has 2 aliphatic rings. The van der Waals surface area contributed by atoms with Crippen molar-refractivity contribution in [2.75, 3.05) is 23.3 Å². The number of aromatic amines is 1. The summed E-state index contributed by atoms with van der Waals surface area (Å²) in [5.74, 6) is 3.18. The van der Waals surface area contributed by atoms with E-state index in [0.717, 1.165) is 45.9 Å². The van der Waals surface area contributed by atoms with Crippen molar-refractivity contribution < 1.29 is 0 Å². The molecule has 27 heavy (non-hydrogen) atoms. The molecule has 0 spiro atoms. The number of hydrogen-bond donors (Lipinski definition) is 2. The Hall–Kier alpha value is -1.90. The van der Waals surface area contributed by atoms with Gasteiger partial charge in [-0.1, -0.05) is 22.6 Å². The second kappa shape index (κ2) is 7.26. The van der Waals surface area contributed by atoms with E-state index >= 15 is 0 Å². The average molecular weight is 474 g/mol. The zero-order valence-corrected chi connectivity index (χ0v) is 17.4. The Labute approximate surface area is 172 Å². The van der Waals surface area contributed by atoms with Gasteiger partial charge in [0.05, 0.1) is 9.94 Å². The summed E-state index contributed by atoms with van der Waals surface area (Å²) in [6.45, 7) is 2.26. The van der Waals surface area contributed by atoms with Gasteiger partial charge in [-0.3, -0.25) is 5.10 Å². The molecule has 5 rings (SSSR count). The molecule has 2 fully saturated rings. The Morgan fingerprint density at radius 1 is 1.11 bits per heavy atom. The van der Waals surface area contributed by atoms with Crippen molar-refractivity contribution in [1.29, 1.82) is 0 Å². The normalized spacial score (nSPS) is 17.4. The molecule has 140 valence electrons. The van der Waals surface area contributed by atoms with Gasteiger partial charge in [-0.25, -0.2) is 9.97 Å². The van der Waals surface area contributed by atoms with Crippen LogP contribution in [0.4, 0.5) is 17.3 Å². The minimum atomic E-state index is 0.658. The highest BCUT2D eigenvalue weighted by Gasteiger charge is 2.25. The highest BCUT2D eigenvalue weighted by molar-refractivity contribution is 14.1. The first-order valence-electron chi connectivity index (χ1n) is 9.74. The number of piperidine rings is 1. The SMILES string of the molecule is ICc1nc(Nc2cc(C3CC3)[nH]n2)c2cc(N3CCCCC3)ccc2n1. The van der Waals surface area contributed by atoms with E-state index in [1.165, 1.54) is 43.5 Å². The van der Waals surface area contributed by atoms with Crippen LogP contribution in [0, 0.1) is 0 Å². The number of hydrogen-bond acceptors (Lipinski definition) is 5. The van der Waals surface area contributed by atoms with Gasteiger partial charge in [0, 0.05) is 41.8 Å². The zero-order valence-electron chi connectivity index (χ0n) is 15.2. The van der Waals surface area contributed by atoms with E-state index < -0.39 is 0 Å². The average Bonchev–Trinajstić information content (AvgIpc) is 3.47. The van der Waals surface area contributed by atoms with Crippen LogP contribution < -0.4 is 10.2 Å². The van der Waals surface area contributed by atoms with E-state index in [9.17, 15) is 0 Å². The smallest absolute Gasteiger partial charge is 0.153 e. The van der Waals surface area contributed by atoms with Crippen molar-refractivity contribution in [2.45, 2.75) is 42.4 Å². The molecule has 1 aliphatic heterocycles. The Balaban J connectivity index is 1.52. The second-order valence-electron chi connectivity index (χ2n) is 7.48. The highest BCUT2D eigenvalue weighted by Crippen LogP contribution is 2.40. The molecule has 2 aromatic heterocycles. The van der Waals surface area contributed by atoms with Gasteiger partial charge in [0.15, 0.2) is 5.82 Å². The fraction of sp³-hybridized carbons (Fsp3) is 0.450. The molecule has 0 atom stereocenters. The molecule has 1 saturated carbocycles. The monoisotopic (exact) mass is 474 g/mol. The van der Waals surface area contributed by atoms with E-state index in [2.05, 4.69) is 67.3 Å². The number of rotatable bonds is 5. The van der Waals surface area contributed by atoms with E-state index in [-0.39, 0.29) is 0 Å². The van der Waals surface area contributed by atoms with Crippen LogP contribution in [-0.2, 0) is 4.43 Å². The molecular weight excluding hydrogens is 451 g/mol. The molecule has 0 amide bonds. The van der Waals surface area contributed by atoms with Gasteiger partial charge in [-0.15, -0.1) is 0 Å². The van der Waals surface area contributed by atoms with Crippen LogP contribution in [0.15, 0.2) is 24.3 Å². The Kier molecular flexibility index (Phi) is 4.63. The number of nitrogens with one attached hydrogen (secondary N) is 2. The van der Waals surface area contributed by atoms with Crippen LogP contribution in [-0.4, -0.2) is 33.3 Å². The van der Waals surface area contributed by atoms with E-state index in [0.29, 0.717) is 5.92 Å². The van der Waals surface area contributed by atoms with Gasteiger partial charge < -0.3 is 10.2 Å². The third-order valence-corrected chi connectivity index (χ3v) is 6.11. The number of H-pyrrole nitrogens is 1. The first-order valence-corrected chi connectivity index (χ1v) is 11.3. The Morgan fingerprint density at radius 2 is 1.96 bits per heavy atom. The Morgan fingerprint density at radius 3 is 2.74 bits per heavy atom. The molecular formula is C20H23IN6.